The van der Waals surface area contributed by atoms with Gasteiger partial charge in [0, 0.05) is 12.6 Å². The average Bonchev–Trinajstić information content (AvgIpc) is 2.65. The van der Waals surface area contributed by atoms with Crippen molar-refractivity contribution in [2.45, 2.75) is 13.5 Å². The fourth-order valence-corrected chi connectivity index (χ4v) is 2.76. The molecule has 0 aliphatic heterocycles. The Morgan fingerprint density at radius 2 is 1.96 bits per heavy atom. The molecule has 1 amide bonds. The van der Waals surface area contributed by atoms with E-state index in [-0.39, 0.29) is 22.7 Å². The quantitative estimate of drug-likeness (QED) is 0.545. The maximum absolute atomic E-state index is 12.1. The van der Waals surface area contributed by atoms with Gasteiger partial charge >= 0.3 is 0 Å². The van der Waals surface area contributed by atoms with Crippen molar-refractivity contribution in [3.05, 3.63) is 69.2 Å². The first-order valence-electron chi connectivity index (χ1n) is 8.14. The number of ether oxygens (including phenoxy) is 1. The highest BCUT2D eigenvalue weighted by atomic mass is 35.5. The zero-order chi connectivity index (χ0) is 19.8. The van der Waals surface area contributed by atoms with E-state index >= 15 is 0 Å². The van der Waals surface area contributed by atoms with Gasteiger partial charge in [0.05, 0.1) is 0 Å². The Morgan fingerprint density at radius 1 is 1.22 bits per heavy atom. The molecule has 1 N–H and O–H groups in total. The molecule has 0 saturated heterocycles. The summed E-state index contributed by atoms with van der Waals surface area (Å²) in [4.78, 5) is 16.9. The molecule has 2 aromatic rings. The molecule has 142 valence electrons. The van der Waals surface area contributed by atoms with Crippen LogP contribution in [0.25, 0.3) is 6.08 Å². The number of benzene rings is 2. The topological polar surface area (TPSA) is 59.9 Å². The van der Waals surface area contributed by atoms with Gasteiger partial charge in [-0.15, -0.1) is 0 Å². The van der Waals surface area contributed by atoms with Gasteiger partial charge in [-0.2, -0.15) is 0 Å². The highest BCUT2D eigenvalue weighted by Gasteiger charge is 2.17. The fraction of sp³-hybridized carbons (Fsp3) is 0.200. The zero-order valence-electron chi connectivity index (χ0n) is 15.3. The number of hydrogen-bond donors (Lipinski definition) is 1. The van der Waals surface area contributed by atoms with Crippen molar-refractivity contribution in [1.82, 2.24) is 5.32 Å². The summed E-state index contributed by atoms with van der Waals surface area (Å²) in [6, 6.07) is 13.0. The molecule has 0 aliphatic rings. The van der Waals surface area contributed by atoms with Gasteiger partial charge < -0.3 is 14.9 Å². The molecule has 0 saturated carbocycles. The summed E-state index contributed by atoms with van der Waals surface area (Å²) in [6.07, 6.45) is 1.66. The summed E-state index contributed by atoms with van der Waals surface area (Å²) in [5, 5.41) is 6.42. The van der Waals surface area contributed by atoms with Crippen LogP contribution in [0.2, 0.25) is 0 Å². The lowest BCUT2D eigenvalue weighted by molar-refractivity contribution is -0.114. The monoisotopic (exact) mass is 406 g/mol. The molecule has 0 atom stereocenters. The summed E-state index contributed by atoms with van der Waals surface area (Å²) < 4.78 is 6.14. The van der Waals surface area contributed by atoms with Crippen LogP contribution in [0.4, 0.5) is 0 Å². The number of amides is 1. The van der Waals surface area contributed by atoms with Gasteiger partial charge in [0.15, 0.2) is 5.71 Å². The van der Waals surface area contributed by atoms with Gasteiger partial charge in [-0.3, -0.25) is 4.79 Å². The van der Waals surface area contributed by atoms with Crippen LogP contribution in [0.3, 0.4) is 0 Å². The van der Waals surface area contributed by atoms with Crippen LogP contribution in [-0.4, -0.2) is 25.8 Å². The molecule has 0 bridgehead atoms. The molecule has 0 radical (unpaired) electrons. The summed E-state index contributed by atoms with van der Waals surface area (Å²) in [6.45, 7) is 2.20. The number of nitrogens with one attached hydrogen (secondary N) is 1. The summed E-state index contributed by atoms with van der Waals surface area (Å²) in [7, 11) is 2.94. The van der Waals surface area contributed by atoms with Gasteiger partial charge in [0.2, 0.25) is 0 Å². The lowest BCUT2D eigenvalue weighted by atomic mass is 10.0. The molecule has 7 heteroatoms. The van der Waals surface area contributed by atoms with Crippen molar-refractivity contribution in [2.24, 2.45) is 5.16 Å². The molecule has 0 spiro atoms. The molecule has 0 unspecified atom stereocenters. The smallest absolute Gasteiger partial charge is 0.273 e. The van der Waals surface area contributed by atoms with E-state index in [2.05, 4.69) is 10.5 Å². The highest BCUT2D eigenvalue weighted by Crippen LogP contribution is 2.24. The third-order valence-electron chi connectivity index (χ3n) is 3.76. The van der Waals surface area contributed by atoms with Gasteiger partial charge in [-0.1, -0.05) is 58.7 Å². The highest BCUT2D eigenvalue weighted by molar-refractivity contribution is 6.57. The molecule has 2 aromatic carbocycles. The van der Waals surface area contributed by atoms with E-state index in [0.717, 1.165) is 22.4 Å². The van der Waals surface area contributed by atoms with E-state index in [1.165, 1.54) is 7.11 Å². The number of carbonyl (C=O) groups excluding carboxylic acids is 1. The Morgan fingerprint density at radius 3 is 2.59 bits per heavy atom. The van der Waals surface area contributed by atoms with Gasteiger partial charge in [-0.05, 0) is 41.8 Å². The van der Waals surface area contributed by atoms with Crippen LogP contribution in [0.5, 0.6) is 5.75 Å². The summed E-state index contributed by atoms with van der Waals surface area (Å²) >= 11 is 11.4. The van der Waals surface area contributed by atoms with E-state index < -0.39 is 0 Å². The number of likely N-dealkylation sites (N-methyl/N-ethyl adjacent to an activating group) is 1. The maximum atomic E-state index is 12.1. The van der Waals surface area contributed by atoms with Crippen LogP contribution in [0.15, 0.2) is 52.1 Å². The van der Waals surface area contributed by atoms with E-state index in [4.69, 9.17) is 32.8 Å². The Hall–Kier alpha value is -2.50. The van der Waals surface area contributed by atoms with Crippen LogP contribution in [-0.2, 0) is 16.2 Å². The number of rotatable bonds is 7. The Balaban J connectivity index is 2.26. The number of oxime groups is 1. The molecular weight excluding hydrogens is 387 g/mol. The van der Waals surface area contributed by atoms with Crippen molar-refractivity contribution in [2.75, 3.05) is 14.2 Å². The molecule has 0 aliphatic carbocycles. The number of hydrogen-bond acceptors (Lipinski definition) is 4. The number of halogens is 2. The Labute approximate surface area is 168 Å². The number of carbonyl (C=O) groups is 1. The van der Waals surface area contributed by atoms with Crippen LogP contribution in [0.1, 0.15) is 22.3 Å². The second kappa shape index (κ2) is 10.00. The first kappa shape index (κ1) is 20.8. The molecule has 27 heavy (non-hydrogen) atoms. The Bertz CT molecular complexity index is 875. The minimum Gasteiger partial charge on any atom is -0.489 e. The largest absolute Gasteiger partial charge is 0.489 e. The predicted octanol–water partition coefficient (Wildman–Crippen LogP) is 4.45. The molecule has 2 rings (SSSR count). The van der Waals surface area contributed by atoms with E-state index in [1.54, 1.807) is 19.2 Å². The standard InChI is InChI=1S/C20H20Cl2N2O3/c1-13-10-14(11-18(21)22)8-9-17(13)27-12-15-6-4-5-7-16(15)19(24-26-3)20(25)23-2/h4-11H,12H2,1-3H3,(H,23,25)/b24-19-. The van der Waals surface area contributed by atoms with Crippen LogP contribution >= 0.6 is 23.2 Å². The van der Waals surface area contributed by atoms with Crippen LogP contribution in [0, 0.1) is 6.92 Å². The summed E-state index contributed by atoms with van der Waals surface area (Å²) in [5.41, 5.74) is 3.46. The van der Waals surface area contributed by atoms with Crippen LogP contribution < -0.4 is 10.1 Å². The first-order valence-corrected chi connectivity index (χ1v) is 8.89. The minimum atomic E-state index is -0.338. The lowest BCUT2D eigenvalue weighted by Crippen LogP contribution is -2.29. The third kappa shape index (κ3) is 5.74. The number of aryl methyl sites for hydroxylation is 1. The number of nitrogens with zero attached hydrogens (tertiary/aromatic N) is 1. The second-order valence-electron chi connectivity index (χ2n) is 5.61. The summed E-state index contributed by atoms with van der Waals surface area (Å²) in [5.74, 6) is 0.382. The molecule has 5 nitrogen and oxygen atoms in total. The molecule has 0 fully saturated rings. The minimum absolute atomic E-state index is 0.188. The van der Waals surface area contributed by atoms with Crippen molar-refractivity contribution < 1.29 is 14.4 Å². The van der Waals surface area contributed by atoms with Gasteiger partial charge in [0.1, 0.15) is 24.0 Å². The van der Waals surface area contributed by atoms with Crippen molar-refractivity contribution in [1.29, 1.82) is 0 Å². The molecular formula is C20H20Cl2N2O3. The van der Waals surface area contributed by atoms with Gasteiger partial charge in [0.25, 0.3) is 5.91 Å². The van der Waals surface area contributed by atoms with E-state index in [1.807, 2.05) is 43.3 Å². The van der Waals surface area contributed by atoms with E-state index in [9.17, 15) is 4.79 Å². The van der Waals surface area contributed by atoms with Gasteiger partial charge in [-0.25, -0.2) is 0 Å². The average molecular weight is 407 g/mol. The molecule has 0 aromatic heterocycles. The first-order chi connectivity index (χ1) is 13.0. The van der Waals surface area contributed by atoms with E-state index in [0.29, 0.717) is 5.56 Å². The maximum Gasteiger partial charge on any atom is 0.273 e. The predicted molar refractivity (Wildman–Crippen MR) is 109 cm³/mol. The van der Waals surface area contributed by atoms with Crippen molar-refractivity contribution >= 4 is 40.9 Å². The third-order valence-corrected chi connectivity index (χ3v) is 3.97. The SMILES string of the molecule is CNC(=O)/C(=N\OC)c1ccccc1COc1ccc(C=C(Cl)Cl)cc1C. The van der Waals surface area contributed by atoms with Crippen molar-refractivity contribution in [3.63, 3.8) is 0 Å². The zero-order valence-corrected chi connectivity index (χ0v) is 16.8. The fourth-order valence-electron chi connectivity index (χ4n) is 2.51. The lowest BCUT2D eigenvalue weighted by Gasteiger charge is -2.13. The Kier molecular flexibility index (Phi) is 7.70. The normalized spacial score (nSPS) is 10.9. The molecule has 0 heterocycles. The second-order valence-corrected chi connectivity index (χ2v) is 6.61. The van der Waals surface area contributed by atoms with Crippen molar-refractivity contribution in [3.8, 4) is 5.75 Å².